The number of nitrogens with one attached hydrogen (secondary N) is 1. The molecule has 11 heteroatoms. The summed E-state index contributed by atoms with van der Waals surface area (Å²) in [6.07, 6.45) is 1.89. The zero-order valence-electron chi connectivity index (χ0n) is 17.4. The molecule has 0 bridgehead atoms. The summed E-state index contributed by atoms with van der Waals surface area (Å²) in [7, 11) is 0. The Bertz CT molecular complexity index is 1080. The van der Waals surface area contributed by atoms with E-state index in [1.54, 1.807) is 0 Å². The van der Waals surface area contributed by atoms with Crippen LogP contribution in [-0.2, 0) is 16.1 Å². The van der Waals surface area contributed by atoms with Crippen LogP contribution in [0.4, 0.5) is 17.2 Å². The predicted molar refractivity (Wildman–Crippen MR) is 119 cm³/mol. The number of benzene rings is 1. The number of hydrogen-bond donors (Lipinski definition) is 3. The molecule has 0 saturated carbocycles. The number of nitrogens with zero attached hydrogens (tertiary/aromatic N) is 2. The van der Waals surface area contributed by atoms with Gasteiger partial charge in [0.15, 0.2) is 12.3 Å². The molecule has 0 aliphatic rings. The zero-order chi connectivity index (χ0) is 23.1. The Balaban J connectivity index is 2.31. The lowest BCUT2D eigenvalue weighted by Gasteiger charge is -2.24. The molecule has 5 N–H and O–H groups in total. The molecule has 2 rings (SSSR count). The van der Waals surface area contributed by atoms with Crippen LogP contribution in [0.15, 0.2) is 27.8 Å². The van der Waals surface area contributed by atoms with Gasteiger partial charge >= 0.3 is 11.7 Å². The molecule has 0 aliphatic carbocycles. The second-order valence-electron chi connectivity index (χ2n) is 6.85. The van der Waals surface area contributed by atoms with Crippen LogP contribution in [-0.4, -0.2) is 34.6 Å². The molecule has 0 atom stereocenters. The van der Waals surface area contributed by atoms with E-state index in [4.69, 9.17) is 27.8 Å². The van der Waals surface area contributed by atoms with Crippen molar-refractivity contribution in [1.29, 1.82) is 0 Å². The van der Waals surface area contributed by atoms with Crippen LogP contribution in [0, 0.1) is 0 Å². The van der Waals surface area contributed by atoms with Gasteiger partial charge in [0.2, 0.25) is 0 Å². The molecule has 1 heterocycles. The fourth-order valence-corrected chi connectivity index (χ4v) is 3.14. The summed E-state index contributed by atoms with van der Waals surface area (Å²) in [5.41, 5.74) is 10.4. The van der Waals surface area contributed by atoms with Crippen molar-refractivity contribution >= 4 is 40.7 Å². The molecule has 10 nitrogen and oxygen atoms in total. The lowest BCUT2D eigenvalue weighted by molar-refractivity contribution is -0.121. The molecule has 168 valence electrons. The van der Waals surface area contributed by atoms with Gasteiger partial charge in [-0.1, -0.05) is 31.9 Å². The Morgan fingerprint density at radius 2 is 1.90 bits per heavy atom. The smallest absolute Gasteiger partial charge is 0.340 e. The summed E-state index contributed by atoms with van der Waals surface area (Å²) in [5.74, 6) is -1.59. The van der Waals surface area contributed by atoms with Crippen molar-refractivity contribution in [3.05, 3.63) is 49.6 Å². The van der Waals surface area contributed by atoms with Gasteiger partial charge in [-0.25, -0.2) is 9.59 Å². The number of rotatable bonds is 9. The van der Waals surface area contributed by atoms with E-state index in [1.807, 2.05) is 13.8 Å². The maximum Gasteiger partial charge on any atom is 0.340 e. The number of H-pyrrole nitrogens is 1. The molecule has 0 fully saturated rings. The third kappa shape index (κ3) is 5.66. The molecule has 2 aromatic rings. The van der Waals surface area contributed by atoms with Crippen LogP contribution < -0.4 is 27.6 Å². The van der Waals surface area contributed by atoms with Gasteiger partial charge in [0.05, 0.1) is 5.56 Å². The Labute approximate surface area is 183 Å². The van der Waals surface area contributed by atoms with Crippen molar-refractivity contribution in [3.63, 3.8) is 0 Å². The summed E-state index contributed by atoms with van der Waals surface area (Å²) >= 11 is 5.82. The van der Waals surface area contributed by atoms with Crippen LogP contribution in [0.1, 0.15) is 43.5 Å². The number of ether oxygens (including phenoxy) is 1. The van der Waals surface area contributed by atoms with Crippen molar-refractivity contribution in [1.82, 2.24) is 9.55 Å². The molecule has 1 amide bonds. The van der Waals surface area contributed by atoms with Gasteiger partial charge in [-0.2, -0.15) is 0 Å². The number of nitrogens with two attached hydrogens (primary N) is 2. The monoisotopic (exact) mass is 451 g/mol. The van der Waals surface area contributed by atoms with Crippen molar-refractivity contribution in [2.24, 2.45) is 0 Å². The summed E-state index contributed by atoms with van der Waals surface area (Å²) in [4.78, 5) is 53.1. The number of unbranched alkanes of at least 4 members (excludes halogenated alkanes) is 1. The van der Waals surface area contributed by atoms with E-state index in [-0.39, 0.29) is 35.8 Å². The number of aromatic nitrogens is 2. The van der Waals surface area contributed by atoms with Crippen LogP contribution in [0.2, 0.25) is 5.02 Å². The van der Waals surface area contributed by atoms with E-state index in [0.29, 0.717) is 17.9 Å². The number of carbonyl (C=O) groups is 2. The second-order valence-corrected chi connectivity index (χ2v) is 7.29. The minimum atomic E-state index is -0.809. The van der Waals surface area contributed by atoms with E-state index < -0.39 is 29.7 Å². The van der Waals surface area contributed by atoms with E-state index in [9.17, 15) is 19.2 Å². The molecule has 0 saturated heterocycles. The number of amides is 1. The second kappa shape index (κ2) is 10.7. The maximum absolute atomic E-state index is 12.9. The molecule has 31 heavy (non-hydrogen) atoms. The molecule has 1 aromatic heterocycles. The minimum absolute atomic E-state index is 0.0613. The lowest BCUT2D eigenvalue weighted by Crippen LogP contribution is -2.43. The van der Waals surface area contributed by atoms with Gasteiger partial charge < -0.3 is 21.1 Å². The zero-order valence-corrected chi connectivity index (χ0v) is 18.2. The van der Waals surface area contributed by atoms with Gasteiger partial charge in [0, 0.05) is 23.8 Å². The van der Waals surface area contributed by atoms with Crippen molar-refractivity contribution < 1.29 is 14.3 Å². The standard InChI is InChI=1S/C20H26ClN5O5/c1-3-5-9-25(16-17(23)26(8-4-2)20(30)24-18(16)28)15(27)11-31-19(29)13-7-6-12(21)10-14(13)22/h6-7,10H,3-5,8-9,11,22-23H2,1-2H3,(H,24,28,30). The first-order chi connectivity index (χ1) is 14.7. The molecular weight excluding hydrogens is 426 g/mol. The fraction of sp³-hybridized carbons (Fsp3) is 0.400. The van der Waals surface area contributed by atoms with Gasteiger partial charge in [-0.05, 0) is 31.0 Å². The predicted octanol–water partition coefficient (Wildman–Crippen LogP) is 1.75. The van der Waals surface area contributed by atoms with Gasteiger partial charge in [-0.3, -0.25) is 19.1 Å². The van der Waals surface area contributed by atoms with Crippen molar-refractivity contribution in [3.8, 4) is 0 Å². The molecule has 0 unspecified atom stereocenters. The number of nitrogen functional groups attached to an aromatic ring is 2. The average Bonchev–Trinajstić information content (AvgIpc) is 2.71. The maximum atomic E-state index is 12.9. The summed E-state index contributed by atoms with van der Waals surface area (Å²) in [6.45, 7) is 3.55. The first kappa shape index (κ1) is 24.0. The third-order valence-corrected chi connectivity index (χ3v) is 4.76. The molecule has 1 aromatic carbocycles. The SMILES string of the molecule is CCCCN(C(=O)COC(=O)c1ccc(Cl)cc1N)c1c(N)n(CCC)c(=O)[nH]c1=O. The molecular formula is C20H26ClN5O5. The number of carbonyl (C=O) groups excluding carboxylic acids is 2. The molecule has 0 aliphatic heterocycles. The Kier molecular flexibility index (Phi) is 8.26. The van der Waals surface area contributed by atoms with Gasteiger partial charge in [0.25, 0.3) is 11.5 Å². The van der Waals surface area contributed by atoms with Crippen molar-refractivity contribution in [2.45, 2.75) is 39.7 Å². The average molecular weight is 452 g/mol. The van der Waals surface area contributed by atoms with Crippen molar-refractivity contribution in [2.75, 3.05) is 29.5 Å². The third-order valence-electron chi connectivity index (χ3n) is 4.53. The van der Waals surface area contributed by atoms with Crippen LogP contribution in [0.25, 0.3) is 0 Å². The van der Waals surface area contributed by atoms with Crippen LogP contribution >= 0.6 is 11.6 Å². The fourth-order valence-electron chi connectivity index (χ4n) is 2.96. The van der Waals surface area contributed by atoms with E-state index in [1.165, 1.54) is 22.8 Å². The van der Waals surface area contributed by atoms with Gasteiger partial charge in [-0.15, -0.1) is 0 Å². The number of aromatic amines is 1. The first-order valence-electron chi connectivity index (χ1n) is 9.86. The largest absolute Gasteiger partial charge is 0.452 e. The van der Waals surface area contributed by atoms with E-state index >= 15 is 0 Å². The first-order valence-corrected chi connectivity index (χ1v) is 10.2. The number of halogens is 1. The lowest BCUT2D eigenvalue weighted by atomic mass is 10.2. The normalized spacial score (nSPS) is 10.7. The summed E-state index contributed by atoms with van der Waals surface area (Å²) in [5, 5.41) is 0.354. The Morgan fingerprint density at radius 1 is 1.19 bits per heavy atom. The molecule has 0 spiro atoms. The van der Waals surface area contributed by atoms with E-state index in [0.717, 1.165) is 11.3 Å². The highest BCUT2D eigenvalue weighted by molar-refractivity contribution is 6.31. The Morgan fingerprint density at radius 3 is 2.52 bits per heavy atom. The quantitative estimate of drug-likeness (QED) is 0.387. The highest BCUT2D eigenvalue weighted by Crippen LogP contribution is 2.20. The van der Waals surface area contributed by atoms with E-state index in [2.05, 4.69) is 4.98 Å². The van der Waals surface area contributed by atoms with Crippen LogP contribution in [0.3, 0.4) is 0 Å². The number of hydrogen-bond acceptors (Lipinski definition) is 7. The Hall–Kier alpha value is -3.27. The van der Waals surface area contributed by atoms with Crippen LogP contribution in [0.5, 0.6) is 0 Å². The highest BCUT2D eigenvalue weighted by atomic mass is 35.5. The minimum Gasteiger partial charge on any atom is -0.452 e. The number of esters is 1. The van der Waals surface area contributed by atoms with Gasteiger partial charge in [0.1, 0.15) is 5.82 Å². The number of anilines is 3. The highest BCUT2D eigenvalue weighted by Gasteiger charge is 2.25. The molecule has 0 radical (unpaired) electrons. The summed E-state index contributed by atoms with van der Waals surface area (Å²) < 4.78 is 6.30. The summed E-state index contributed by atoms with van der Waals surface area (Å²) in [6, 6.07) is 4.26. The topological polar surface area (TPSA) is 154 Å².